The van der Waals surface area contributed by atoms with E-state index in [0.717, 1.165) is 6.42 Å². The molecule has 6 fully saturated rings. The van der Waals surface area contributed by atoms with Gasteiger partial charge in [0.2, 0.25) is 17.8 Å². The van der Waals surface area contributed by atoms with Crippen LogP contribution in [-0.2, 0) is 124 Å². The zero-order chi connectivity index (χ0) is 74.4. The molecule has 0 N–H and O–H groups in total. The average molecular weight is 1370 g/mol. The minimum Gasteiger partial charge on any atom is -0.465 e. The molecule has 6 aliphatic heterocycles. The molecule has 6 rings (SSSR count). The minimum atomic E-state index is -1.44. The maximum Gasteiger partial charge on any atom is 0.350 e. The van der Waals surface area contributed by atoms with Gasteiger partial charge in [-0.3, -0.25) is 47.9 Å². The van der Waals surface area contributed by atoms with Crippen LogP contribution in [0.4, 0.5) is 0 Å². The van der Waals surface area contributed by atoms with Gasteiger partial charge in [-0.25, -0.2) is 14.4 Å². The van der Waals surface area contributed by atoms with Crippen molar-refractivity contribution in [3.05, 3.63) is 0 Å². The number of carbonyl (C=O) groups excluding carboxylic acids is 13. The van der Waals surface area contributed by atoms with Gasteiger partial charge >= 0.3 is 77.6 Å². The quantitative estimate of drug-likeness (QED) is 0.0761. The molecule has 0 radical (unpaired) electrons. The van der Waals surface area contributed by atoms with Crippen molar-refractivity contribution in [3.8, 4) is 0 Å². The SMILES string of the molecule is CCC(C)(C)C(=O)OC(C)(C)C(=O)OC1CCOC1=O.CCC(C)(C)C(=O)OC(C)(C)C1COC(=O)C1.CCC(C)(C)C(=O)OC1(C)CCOC(=O)C1.CCC(C)(C)C(=O)OC1(C)COC(=O)C1.CCC(C)(C)C(=O)OC1CCOC1=O.CCC(C)(C)C(=O)OC1COC(=O)C1. The fourth-order valence-electron chi connectivity index (χ4n) is 7.64. The van der Waals surface area contributed by atoms with Crippen LogP contribution >= 0.6 is 0 Å². The molecule has 0 saturated carbocycles. The lowest BCUT2D eigenvalue weighted by Crippen LogP contribution is -2.44. The summed E-state index contributed by atoms with van der Waals surface area (Å²) in [7, 11) is 0. The Hall–Kier alpha value is -6.89. The third kappa shape index (κ3) is 27.9. The molecule has 0 aromatic rings. The van der Waals surface area contributed by atoms with Crippen molar-refractivity contribution in [1.82, 2.24) is 0 Å². The van der Waals surface area contributed by atoms with Crippen LogP contribution in [0.15, 0.2) is 0 Å². The van der Waals surface area contributed by atoms with Crippen molar-refractivity contribution in [2.45, 2.75) is 290 Å². The van der Waals surface area contributed by atoms with Gasteiger partial charge < -0.3 is 61.6 Å². The standard InChI is InChI=1S/C14H22O6.C13H22O4.C12H20O4.C11H18O4.2C10H16O4/c1-6-13(2,3)11(16)20-14(4,5)12(17)19-9-7-8-18-10(9)15;1-6-12(2,3)11(15)17-13(4,5)9-7-10(14)16-8-9;1-5-11(2,3)10(14)16-12(4)6-7-15-9(13)8-12;1-5-10(2,3)9(13)15-11(4)6-8(12)14-7-11;1-4-10(2,3)9(12)14-7-5-8(11)13-6-7;1-4-10(2,3)9(12)14-7-5-6-13-8(7)11/h9H,6-8H2,1-5H3;9H,6-8H2,1-5H3;5-8H2,1-4H3;5-7H2,1-4H3;2*7H,4-6H2,1-3H3. The number of hydrogen-bond acceptors (Lipinski definition) is 26. The predicted octanol–water partition coefficient (Wildman–Crippen LogP) is 10.2. The molecule has 0 spiro atoms. The first-order valence-corrected chi connectivity index (χ1v) is 33.3. The van der Waals surface area contributed by atoms with E-state index in [2.05, 4.69) is 0 Å². The van der Waals surface area contributed by atoms with Gasteiger partial charge in [0.1, 0.15) is 30.5 Å². The van der Waals surface area contributed by atoms with E-state index >= 15 is 0 Å². The fourth-order valence-corrected chi connectivity index (χ4v) is 7.64. The molecule has 26 heteroatoms. The van der Waals surface area contributed by atoms with E-state index in [0.29, 0.717) is 77.6 Å². The normalized spacial score (nSPS) is 22.7. The molecular weight excluding hydrogens is 1260 g/mol. The van der Waals surface area contributed by atoms with Crippen molar-refractivity contribution in [1.29, 1.82) is 0 Å². The number of hydrogen-bond donors (Lipinski definition) is 0. The molecule has 0 amide bonds. The van der Waals surface area contributed by atoms with Crippen LogP contribution in [0.25, 0.3) is 0 Å². The molecule has 0 aromatic carbocycles. The summed E-state index contributed by atoms with van der Waals surface area (Å²) in [6.45, 7) is 45.0. The molecule has 6 aliphatic rings. The third-order valence-corrected chi connectivity index (χ3v) is 18.2. The first kappa shape index (κ1) is 87.1. The molecular formula is C70H114O26. The van der Waals surface area contributed by atoms with Crippen molar-refractivity contribution in [3.63, 3.8) is 0 Å². The number of rotatable bonds is 21. The number of carbonyl (C=O) groups is 13. The molecule has 550 valence electrons. The summed E-state index contributed by atoms with van der Waals surface area (Å²) < 4.78 is 65.5. The first-order chi connectivity index (χ1) is 43.8. The number of esters is 13. The average Bonchev–Trinajstić information content (AvgIpc) is 1.34. The second kappa shape index (κ2) is 36.1. The summed E-state index contributed by atoms with van der Waals surface area (Å²) in [5.74, 6) is -4.69. The summed E-state index contributed by atoms with van der Waals surface area (Å²) >= 11 is 0. The molecule has 6 unspecified atom stereocenters. The van der Waals surface area contributed by atoms with E-state index in [1.165, 1.54) is 13.8 Å². The Balaban J connectivity index is 0.000000578. The first-order valence-electron chi connectivity index (χ1n) is 33.3. The zero-order valence-electron chi connectivity index (χ0n) is 61.9. The van der Waals surface area contributed by atoms with Gasteiger partial charge in [-0.1, -0.05) is 41.5 Å². The number of ether oxygens (including phenoxy) is 13. The van der Waals surface area contributed by atoms with Crippen LogP contribution in [0.3, 0.4) is 0 Å². The van der Waals surface area contributed by atoms with Crippen LogP contribution in [-0.4, -0.2) is 158 Å². The second-order valence-corrected chi connectivity index (χ2v) is 30.2. The van der Waals surface area contributed by atoms with Gasteiger partial charge in [0.25, 0.3) is 0 Å². The van der Waals surface area contributed by atoms with Crippen LogP contribution in [0.2, 0.25) is 0 Å². The lowest BCUT2D eigenvalue weighted by molar-refractivity contribution is -0.188. The highest BCUT2D eigenvalue weighted by Gasteiger charge is 2.46. The maximum absolute atomic E-state index is 12.0. The van der Waals surface area contributed by atoms with Gasteiger partial charge in [-0.2, -0.15) is 0 Å². The van der Waals surface area contributed by atoms with Crippen molar-refractivity contribution in [2.75, 3.05) is 39.6 Å². The third-order valence-electron chi connectivity index (χ3n) is 18.2. The van der Waals surface area contributed by atoms with E-state index in [1.54, 1.807) is 41.5 Å². The van der Waals surface area contributed by atoms with E-state index in [9.17, 15) is 62.3 Å². The molecule has 0 aliphatic carbocycles. The lowest BCUT2D eigenvalue weighted by Gasteiger charge is -2.35. The Morgan fingerprint density at radius 3 is 1.12 bits per heavy atom. The highest BCUT2D eigenvalue weighted by molar-refractivity contribution is 5.87. The minimum absolute atomic E-state index is 0.0494. The van der Waals surface area contributed by atoms with Crippen LogP contribution < -0.4 is 0 Å². The molecule has 6 saturated heterocycles. The molecule has 0 bridgehead atoms. The Bertz CT molecular complexity index is 2730. The van der Waals surface area contributed by atoms with Gasteiger partial charge in [-0.05, 0) is 163 Å². The van der Waals surface area contributed by atoms with E-state index in [4.69, 9.17) is 61.6 Å². The topological polar surface area (TPSA) is 342 Å². The second-order valence-electron chi connectivity index (χ2n) is 30.2. The van der Waals surface area contributed by atoms with Crippen LogP contribution in [0, 0.1) is 38.4 Å². The lowest BCUT2D eigenvalue weighted by atomic mass is 9.87. The van der Waals surface area contributed by atoms with Crippen molar-refractivity contribution in [2.24, 2.45) is 38.4 Å². The van der Waals surface area contributed by atoms with Crippen molar-refractivity contribution >= 4 is 77.6 Å². The van der Waals surface area contributed by atoms with Gasteiger partial charge in [0.05, 0.1) is 84.6 Å². The van der Waals surface area contributed by atoms with E-state index in [1.807, 2.05) is 111 Å². The summed E-state index contributed by atoms with van der Waals surface area (Å²) in [4.78, 5) is 149. The van der Waals surface area contributed by atoms with Crippen molar-refractivity contribution < 1.29 is 124 Å². The van der Waals surface area contributed by atoms with Gasteiger partial charge in [0.15, 0.2) is 5.60 Å². The number of cyclic esters (lactones) is 6. The summed E-state index contributed by atoms with van der Waals surface area (Å²) in [6.07, 6.45) is 4.35. The Morgan fingerprint density at radius 2 is 0.760 bits per heavy atom. The largest absolute Gasteiger partial charge is 0.465 e. The fraction of sp³-hybridized carbons (Fsp3) is 0.814. The van der Waals surface area contributed by atoms with E-state index < -0.39 is 91.0 Å². The molecule has 6 heterocycles. The van der Waals surface area contributed by atoms with Crippen LogP contribution in [0.5, 0.6) is 0 Å². The van der Waals surface area contributed by atoms with Gasteiger partial charge in [-0.15, -0.1) is 0 Å². The highest BCUT2D eigenvalue weighted by Crippen LogP contribution is 2.35. The molecule has 26 nitrogen and oxygen atoms in total. The summed E-state index contributed by atoms with van der Waals surface area (Å²) in [5, 5.41) is 0. The Kier molecular flexibility index (Phi) is 32.8. The van der Waals surface area contributed by atoms with Crippen LogP contribution in [0.1, 0.15) is 250 Å². The summed E-state index contributed by atoms with van der Waals surface area (Å²) in [6, 6.07) is 0. The molecule has 0 aromatic heterocycles. The van der Waals surface area contributed by atoms with E-state index in [-0.39, 0.29) is 105 Å². The smallest absolute Gasteiger partial charge is 0.350 e. The molecule has 96 heavy (non-hydrogen) atoms. The summed E-state index contributed by atoms with van der Waals surface area (Å²) in [5.41, 5.74) is -6.74. The Morgan fingerprint density at radius 1 is 0.396 bits per heavy atom. The Labute approximate surface area is 567 Å². The van der Waals surface area contributed by atoms with Gasteiger partial charge in [0, 0.05) is 25.2 Å². The highest BCUT2D eigenvalue weighted by atomic mass is 16.6. The predicted molar refractivity (Wildman–Crippen MR) is 345 cm³/mol. The maximum atomic E-state index is 12.0. The zero-order valence-corrected chi connectivity index (χ0v) is 61.9. The monoisotopic (exact) mass is 1370 g/mol. The molecule has 6 atom stereocenters.